The summed E-state index contributed by atoms with van der Waals surface area (Å²) in [6, 6.07) is 0.654. The summed E-state index contributed by atoms with van der Waals surface area (Å²) >= 11 is 0. The summed E-state index contributed by atoms with van der Waals surface area (Å²) < 4.78 is 0. The highest BCUT2D eigenvalue weighted by molar-refractivity contribution is 5.80. The fraction of sp³-hybridized carbons (Fsp3) is 0.750. The van der Waals surface area contributed by atoms with Gasteiger partial charge >= 0.3 is 0 Å². The van der Waals surface area contributed by atoms with E-state index in [1.54, 1.807) is 0 Å². The first-order valence-corrected chi connectivity index (χ1v) is 5.91. The standard InChI is InChI=1S/C12H23N3/c1-10(13)6-2-3-7-11-8-4-5-9-12(14)15-11/h2-3,10-11H,4-9,13H2,1H3,(H2,14,15)/b3-2-/t10-,11+/m1/s1. The van der Waals surface area contributed by atoms with Gasteiger partial charge in [0.15, 0.2) is 0 Å². The smallest absolute Gasteiger partial charge is 0.0940 e. The third-order valence-corrected chi connectivity index (χ3v) is 2.65. The van der Waals surface area contributed by atoms with Crippen LogP contribution in [0.2, 0.25) is 0 Å². The molecule has 0 saturated carbocycles. The Morgan fingerprint density at radius 1 is 1.47 bits per heavy atom. The maximum absolute atomic E-state index is 5.78. The van der Waals surface area contributed by atoms with Crippen LogP contribution in [0.4, 0.5) is 0 Å². The van der Waals surface area contributed by atoms with E-state index in [1.807, 2.05) is 6.92 Å². The number of aliphatic imine (C=N–C) groups is 1. The average molecular weight is 209 g/mol. The van der Waals surface area contributed by atoms with Gasteiger partial charge in [-0.25, -0.2) is 0 Å². The molecule has 0 bridgehead atoms. The molecular formula is C12H23N3. The first kappa shape index (κ1) is 12.2. The monoisotopic (exact) mass is 209 g/mol. The highest BCUT2D eigenvalue weighted by Crippen LogP contribution is 2.15. The van der Waals surface area contributed by atoms with Crippen LogP contribution in [0.5, 0.6) is 0 Å². The lowest BCUT2D eigenvalue weighted by molar-refractivity contribution is 0.595. The van der Waals surface area contributed by atoms with Crippen LogP contribution in [0.15, 0.2) is 17.1 Å². The van der Waals surface area contributed by atoms with Crippen molar-refractivity contribution in [1.82, 2.24) is 0 Å². The van der Waals surface area contributed by atoms with E-state index >= 15 is 0 Å². The molecule has 0 saturated heterocycles. The third kappa shape index (κ3) is 5.57. The quantitative estimate of drug-likeness (QED) is 0.695. The van der Waals surface area contributed by atoms with Gasteiger partial charge in [-0.2, -0.15) is 0 Å². The Bertz CT molecular complexity index is 231. The minimum Gasteiger partial charge on any atom is -0.387 e. The second-order valence-corrected chi connectivity index (χ2v) is 4.44. The maximum atomic E-state index is 5.78. The van der Waals surface area contributed by atoms with Gasteiger partial charge in [-0.1, -0.05) is 18.6 Å². The first-order chi connectivity index (χ1) is 7.18. The van der Waals surface area contributed by atoms with E-state index in [0.717, 1.165) is 25.1 Å². The van der Waals surface area contributed by atoms with Gasteiger partial charge in [0.25, 0.3) is 0 Å². The highest BCUT2D eigenvalue weighted by Gasteiger charge is 2.09. The summed E-state index contributed by atoms with van der Waals surface area (Å²) in [4.78, 5) is 4.50. The molecule has 1 aliphatic heterocycles. The number of hydrogen-bond acceptors (Lipinski definition) is 3. The Balaban J connectivity index is 2.30. The summed E-state index contributed by atoms with van der Waals surface area (Å²) in [5.41, 5.74) is 11.4. The van der Waals surface area contributed by atoms with Crippen molar-refractivity contribution in [3.63, 3.8) is 0 Å². The van der Waals surface area contributed by atoms with Crippen molar-refractivity contribution < 1.29 is 0 Å². The van der Waals surface area contributed by atoms with Crippen LogP contribution in [0.3, 0.4) is 0 Å². The van der Waals surface area contributed by atoms with Crippen molar-refractivity contribution in [2.24, 2.45) is 16.5 Å². The van der Waals surface area contributed by atoms with Gasteiger partial charge < -0.3 is 11.5 Å². The third-order valence-electron chi connectivity index (χ3n) is 2.65. The number of nitrogens with two attached hydrogens (primary N) is 2. The average Bonchev–Trinajstić information content (AvgIpc) is 2.37. The lowest BCUT2D eigenvalue weighted by Gasteiger charge is -2.07. The maximum Gasteiger partial charge on any atom is 0.0940 e. The molecule has 15 heavy (non-hydrogen) atoms. The Hall–Kier alpha value is -0.830. The number of amidine groups is 1. The van der Waals surface area contributed by atoms with Gasteiger partial charge in [-0.15, -0.1) is 0 Å². The second kappa shape index (κ2) is 6.62. The Morgan fingerprint density at radius 3 is 3.00 bits per heavy atom. The van der Waals surface area contributed by atoms with E-state index in [-0.39, 0.29) is 6.04 Å². The van der Waals surface area contributed by atoms with Crippen molar-refractivity contribution in [3.05, 3.63) is 12.2 Å². The molecule has 0 aromatic carbocycles. The molecule has 1 aliphatic rings. The van der Waals surface area contributed by atoms with E-state index in [9.17, 15) is 0 Å². The van der Waals surface area contributed by atoms with E-state index < -0.39 is 0 Å². The van der Waals surface area contributed by atoms with Crippen LogP contribution in [0.25, 0.3) is 0 Å². The fourth-order valence-corrected chi connectivity index (χ4v) is 1.78. The zero-order chi connectivity index (χ0) is 11.1. The molecule has 0 radical (unpaired) electrons. The van der Waals surface area contributed by atoms with Crippen LogP contribution >= 0.6 is 0 Å². The molecule has 1 heterocycles. The summed E-state index contributed by atoms with van der Waals surface area (Å²) in [5.74, 6) is 0.832. The number of rotatable bonds is 4. The fourth-order valence-electron chi connectivity index (χ4n) is 1.78. The molecule has 1 rings (SSSR count). The predicted molar refractivity (Wildman–Crippen MR) is 65.9 cm³/mol. The minimum atomic E-state index is 0.254. The lowest BCUT2D eigenvalue weighted by atomic mass is 10.1. The Kier molecular flexibility index (Phi) is 5.40. The van der Waals surface area contributed by atoms with Crippen molar-refractivity contribution in [3.8, 4) is 0 Å². The van der Waals surface area contributed by atoms with Crippen molar-refractivity contribution in [2.75, 3.05) is 0 Å². The van der Waals surface area contributed by atoms with Crippen LogP contribution in [0, 0.1) is 0 Å². The molecule has 2 atom stereocenters. The van der Waals surface area contributed by atoms with Gasteiger partial charge in [-0.3, -0.25) is 4.99 Å². The molecule has 86 valence electrons. The van der Waals surface area contributed by atoms with E-state index in [0.29, 0.717) is 6.04 Å². The molecular weight excluding hydrogens is 186 g/mol. The van der Waals surface area contributed by atoms with Crippen molar-refractivity contribution in [2.45, 2.75) is 57.5 Å². The Labute approximate surface area is 92.6 Å². The first-order valence-electron chi connectivity index (χ1n) is 5.91. The summed E-state index contributed by atoms with van der Waals surface area (Å²) in [7, 11) is 0. The van der Waals surface area contributed by atoms with Crippen molar-refractivity contribution in [1.29, 1.82) is 0 Å². The molecule has 0 aromatic heterocycles. The molecule has 0 fully saturated rings. The van der Waals surface area contributed by atoms with Crippen molar-refractivity contribution >= 4 is 5.84 Å². The van der Waals surface area contributed by atoms with Gasteiger partial charge in [0.1, 0.15) is 0 Å². The highest BCUT2D eigenvalue weighted by atomic mass is 14.9. The zero-order valence-corrected chi connectivity index (χ0v) is 9.65. The molecule has 4 N–H and O–H groups in total. The molecule has 0 aromatic rings. The summed E-state index contributed by atoms with van der Waals surface area (Å²) in [6.45, 7) is 2.02. The molecule has 0 spiro atoms. The topological polar surface area (TPSA) is 64.4 Å². The SMILES string of the molecule is C[C@@H](N)C/C=C\C[C@H]1CCCCC(N)=N1. The summed E-state index contributed by atoms with van der Waals surface area (Å²) in [5, 5.41) is 0. The second-order valence-electron chi connectivity index (χ2n) is 4.44. The molecule has 0 unspecified atom stereocenters. The Morgan fingerprint density at radius 2 is 2.27 bits per heavy atom. The van der Waals surface area contributed by atoms with Crippen LogP contribution in [-0.4, -0.2) is 17.9 Å². The number of nitrogens with zero attached hydrogens (tertiary/aromatic N) is 1. The van der Waals surface area contributed by atoms with Gasteiger partial charge in [0, 0.05) is 12.5 Å². The summed E-state index contributed by atoms with van der Waals surface area (Å²) in [6.07, 6.45) is 10.9. The van der Waals surface area contributed by atoms with Crippen LogP contribution in [-0.2, 0) is 0 Å². The normalized spacial score (nSPS) is 24.9. The van der Waals surface area contributed by atoms with Gasteiger partial charge in [0.2, 0.25) is 0 Å². The van der Waals surface area contributed by atoms with Gasteiger partial charge in [-0.05, 0) is 32.6 Å². The number of hydrogen-bond donors (Lipinski definition) is 2. The van der Waals surface area contributed by atoms with E-state index in [4.69, 9.17) is 11.5 Å². The molecule has 0 amide bonds. The van der Waals surface area contributed by atoms with Crippen LogP contribution < -0.4 is 11.5 Å². The van der Waals surface area contributed by atoms with E-state index in [1.165, 1.54) is 19.3 Å². The lowest BCUT2D eigenvalue weighted by Crippen LogP contribution is -2.14. The zero-order valence-electron chi connectivity index (χ0n) is 9.65. The predicted octanol–water partition coefficient (Wildman–Crippen LogP) is 1.97. The molecule has 3 nitrogen and oxygen atoms in total. The molecule has 0 aliphatic carbocycles. The largest absolute Gasteiger partial charge is 0.387 e. The minimum absolute atomic E-state index is 0.254. The van der Waals surface area contributed by atoms with Crippen LogP contribution in [0.1, 0.15) is 45.4 Å². The van der Waals surface area contributed by atoms with E-state index in [2.05, 4.69) is 17.1 Å². The van der Waals surface area contributed by atoms with Gasteiger partial charge in [0.05, 0.1) is 11.9 Å². The molecule has 3 heteroatoms.